The number of rotatable bonds is 1. The molecular formula is C15H22O2. The van der Waals surface area contributed by atoms with Gasteiger partial charge in [0.2, 0.25) is 0 Å². The van der Waals surface area contributed by atoms with Crippen molar-refractivity contribution in [2.45, 2.75) is 52.1 Å². The smallest absolute Gasteiger partial charge is 0.145 e. The van der Waals surface area contributed by atoms with E-state index in [1.54, 1.807) is 0 Å². The van der Waals surface area contributed by atoms with E-state index in [2.05, 4.69) is 26.0 Å². The summed E-state index contributed by atoms with van der Waals surface area (Å²) in [7, 11) is 0. The van der Waals surface area contributed by atoms with Crippen molar-refractivity contribution in [1.29, 1.82) is 0 Å². The van der Waals surface area contributed by atoms with E-state index in [-0.39, 0.29) is 11.5 Å². The van der Waals surface area contributed by atoms with Crippen LogP contribution in [0.4, 0.5) is 0 Å². The molecule has 0 heterocycles. The van der Waals surface area contributed by atoms with E-state index in [0.717, 1.165) is 44.0 Å². The zero-order valence-electron chi connectivity index (χ0n) is 10.8. The third-order valence-electron chi connectivity index (χ3n) is 4.41. The third kappa shape index (κ3) is 2.68. The van der Waals surface area contributed by atoms with Gasteiger partial charge in [0.05, 0.1) is 6.10 Å². The van der Waals surface area contributed by atoms with Crippen LogP contribution in [0.25, 0.3) is 0 Å². The van der Waals surface area contributed by atoms with E-state index < -0.39 is 0 Å². The predicted molar refractivity (Wildman–Crippen MR) is 68.6 cm³/mol. The van der Waals surface area contributed by atoms with Gasteiger partial charge in [0.1, 0.15) is 6.29 Å². The molecule has 0 radical (unpaired) electrons. The van der Waals surface area contributed by atoms with Crippen molar-refractivity contribution >= 4 is 6.29 Å². The zero-order chi connectivity index (χ0) is 12.5. The lowest BCUT2D eigenvalue weighted by molar-refractivity contribution is -0.105. The minimum absolute atomic E-state index is 0.0128. The second kappa shape index (κ2) is 4.77. The highest BCUT2D eigenvalue weighted by Gasteiger charge is 2.53. The summed E-state index contributed by atoms with van der Waals surface area (Å²) in [5, 5.41) is 10.2. The van der Waals surface area contributed by atoms with E-state index in [9.17, 15) is 9.90 Å². The molecule has 3 atom stereocenters. The molecule has 1 N–H and O–H groups in total. The number of carbonyl (C=O) groups excluding carboxylic acids is 1. The Kier molecular flexibility index (Phi) is 3.53. The molecule has 0 aromatic rings. The van der Waals surface area contributed by atoms with Crippen LogP contribution >= 0.6 is 0 Å². The molecule has 0 saturated heterocycles. The van der Waals surface area contributed by atoms with Gasteiger partial charge in [0.15, 0.2) is 0 Å². The standard InChI is InChI=1S/C15H22O2/c1-11-4-3-5-12(10-16)8-13-9-15(13,2)14(17)7-6-11/h4,8,10,13-14,17H,3,5-7,9H2,1-2H3/b11-4-,12-8+/t13-,14-,15-/m0/s1. The number of aliphatic hydroxyl groups excluding tert-OH is 1. The summed E-state index contributed by atoms with van der Waals surface area (Å²) >= 11 is 0. The molecule has 1 saturated carbocycles. The van der Waals surface area contributed by atoms with Gasteiger partial charge >= 0.3 is 0 Å². The molecule has 94 valence electrons. The maximum Gasteiger partial charge on any atom is 0.145 e. The average molecular weight is 234 g/mol. The molecule has 2 nitrogen and oxygen atoms in total. The van der Waals surface area contributed by atoms with Crippen LogP contribution in [0.2, 0.25) is 0 Å². The Balaban J connectivity index is 2.17. The number of allylic oxidation sites excluding steroid dienone is 4. The highest BCUT2D eigenvalue weighted by atomic mass is 16.3. The van der Waals surface area contributed by atoms with Crippen molar-refractivity contribution < 1.29 is 9.90 Å². The van der Waals surface area contributed by atoms with E-state index >= 15 is 0 Å². The van der Waals surface area contributed by atoms with Crippen LogP contribution in [0.1, 0.15) is 46.0 Å². The van der Waals surface area contributed by atoms with Crippen molar-refractivity contribution in [3.8, 4) is 0 Å². The lowest BCUT2D eigenvalue weighted by Crippen LogP contribution is -2.20. The third-order valence-corrected chi connectivity index (χ3v) is 4.41. The summed E-state index contributed by atoms with van der Waals surface area (Å²) in [4.78, 5) is 11.0. The van der Waals surface area contributed by atoms with Gasteiger partial charge in [-0.3, -0.25) is 4.79 Å². The molecule has 2 heteroatoms. The molecule has 2 aliphatic carbocycles. The SMILES string of the molecule is C/C1=C/CC/C(C=O)=C\[C@H]2C[C@]2(C)[C@@H](O)CC1. The summed E-state index contributed by atoms with van der Waals surface area (Å²) in [6, 6.07) is 0. The fraction of sp³-hybridized carbons (Fsp3) is 0.667. The molecule has 0 unspecified atom stereocenters. The fourth-order valence-corrected chi connectivity index (χ4v) is 2.77. The van der Waals surface area contributed by atoms with Gasteiger partial charge in [0, 0.05) is 5.41 Å². The van der Waals surface area contributed by atoms with Crippen molar-refractivity contribution in [3.63, 3.8) is 0 Å². The van der Waals surface area contributed by atoms with E-state index in [4.69, 9.17) is 0 Å². The van der Waals surface area contributed by atoms with Crippen molar-refractivity contribution in [1.82, 2.24) is 0 Å². The number of hydrogen-bond donors (Lipinski definition) is 1. The first kappa shape index (κ1) is 12.6. The van der Waals surface area contributed by atoms with Crippen LogP contribution in [0.3, 0.4) is 0 Å². The number of aliphatic hydroxyl groups is 1. The van der Waals surface area contributed by atoms with E-state index in [0.29, 0.717) is 5.92 Å². The topological polar surface area (TPSA) is 37.3 Å². The molecule has 17 heavy (non-hydrogen) atoms. The van der Waals surface area contributed by atoms with Crippen LogP contribution < -0.4 is 0 Å². The Morgan fingerprint density at radius 1 is 1.47 bits per heavy atom. The first-order valence-corrected chi connectivity index (χ1v) is 6.56. The maximum absolute atomic E-state index is 11.0. The molecule has 0 amide bonds. The molecule has 2 rings (SSSR count). The zero-order valence-corrected chi connectivity index (χ0v) is 10.8. The number of fused-ring (bicyclic) bond motifs is 1. The van der Waals surface area contributed by atoms with E-state index in [1.807, 2.05) is 0 Å². The highest BCUT2D eigenvalue weighted by Crippen LogP contribution is 2.57. The normalized spacial score (nSPS) is 44.4. The summed E-state index contributed by atoms with van der Waals surface area (Å²) in [6.45, 7) is 4.25. The summed E-state index contributed by atoms with van der Waals surface area (Å²) < 4.78 is 0. The fourth-order valence-electron chi connectivity index (χ4n) is 2.77. The Labute approximate surface area is 103 Å². The van der Waals surface area contributed by atoms with Gasteiger partial charge in [-0.05, 0) is 50.5 Å². The van der Waals surface area contributed by atoms with Crippen LogP contribution in [0.5, 0.6) is 0 Å². The Bertz CT molecular complexity index is 367. The first-order chi connectivity index (χ1) is 8.06. The van der Waals surface area contributed by atoms with Crippen LogP contribution in [-0.4, -0.2) is 17.5 Å². The first-order valence-electron chi connectivity index (χ1n) is 6.56. The minimum Gasteiger partial charge on any atom is -0.393 e. The van der Waals surface area contributed by atoms with Gasteiger partial charge in [-0.25, -0.2) is 0 Å². The second-order valence-electron chi connectivity index (χ2n) is 5.82. The lowest BCUT2D eigenvalue weighted by atomic mass is 9.93. The number of carbonyl (C=O) groups is 1. The molecule has 0 bridgehead atoms. The monoisotopic (exact) mass is 234 g/mol. The molecule has 2 aliphatic rings. The van der Waals surface area contributed by atoms with Gasteiger partial charge in [-0.1, -0.05) is 24.6 Å². The molecule has 0 aromatic carbocycles. The Morgan fingerprint density at radius 2 is 2.24 bits per heavy atom. The summed E-state index contributed by atoms with van der Waals surface area (Å²) in [5.74, 6) is 0.399. The molecular weight excluding hydrogens is 212 g/mol. The van der Waals surface area contributed by atoms with Gasteiger partial charge in [-0.2, -0.15) is 0 Å². The Hall–Kier alpha value is -0.890. The van der Waals surface area contributed by atoms with Gasteiger partial charge < -0.3 is 5.11 Å². The largest absolute Gasteiger partial charge is 0.393 e. The molecule has 0 spiro atoms. The molecule has 0 aromatic heterocycles. The lowest BCUT2D eigenvalue weighted by Gasteiger charge is -2.18. The van der Waals surface area contributed by atoms with Crippen LogP contribution in [0.15, 0.2) is 23.3 Å². The summed E-state index contributed by atoms with van der Waals surface area (Å²) in [5.41, 5.74) is 2.24. The molecule has 1 fully saturated rings. The minimum atomic E-state index is -0.238. The average Bonchev–Trinajstić information content (AvgIpc) is 2.96. The Morgan fingerprint density at radius 3 is 2.94 bits per heavy atom. The van der Waals surface area contributed by atoms with E-state index in [1.165, 1.54) is 5.57 Å². The quantitative estimate of drug-likeness (QED) is 0.559. The maximum atomic E-state index is 11.0. The summed E-state index contributed by atoms with van der Waals surface area (Å²) in [6.07, 6.45) is 9.64. The highest BCUT2D eigenvalue weighted by molar-refractivity contribution is 5.73. The number of hydrogen-bond acceptors (Lipinski definition) is 2. The van der Waals surface area contributed by atoms with Crippen molar-refractivity contribution in [3.05, 3.63) is 23.3 Å². The van der Waals surface area contributed by atoms with Gasteiger partial charge in [0.25, 0.3) is 0 Å². The van der Waals surface area contributed by atoms with Gasteiger partial charge in [-0.15, -0.1) is 0 Å². The number of aldehydes is 1. The predicted octanol–water partition coefficient (Wildman–Crippen LogP) is 3.02. The second-order valence-corrected chi connectivity index (χ2v) is 5.82. The van der Waals surface area contributed by atoms with Crippen LogP contribution in [-0.2, 0) is 4.79 Å². The van der Waals surface area contributed by atoms with Crippen LogP contribution in [0, 0.1) is 11.3 Å². The van der Waals surface area contributed by atoms with Crippen molar-refractivity contribution in [2.24, 2.45) is 11.3 Å². The molecule has 0 aliphatic heterocycles. The van der Waals surface area contributed by atoms with Crippen molar-refractivity contribution in [2.75, 3.05) is 0 Å².